The first-order valence-corrected chi connectivity index (χ1v) is 8.13. The van der Waals surface area contributed by atoms with Gasteiger partial charge in [0.15, 0.2) is 6.61 Å². The van der Waals surface area contributed by atoms with E-state index in [1.54, 1.807) is 35.3 Å². The number of hydrogen-bond donors (Lipinski definition) is 1. The van der Waals surface area contributed by atoms with Gasteiger partial charge in [-0.3, -0.25) is 9.48 Å². The molecule has 1 atom stereocenters. The number of carbonyl (C=O) groups excluding carboxylic acids is 1. The lowest BCUT2D eigenvalue weighted by atomic mass is 10.1. The van der Waals surface area contributed by atoms with Gasteiger partial charge in [0.2, 0.25) is 0 Å². The second kappa shape index (κ2) is 8.30. The molecule has 0 aliphatic carbocycles. The predicted molar refractivity (Wildman–Crippen MR) is 94.3 cm³/mol. The lowest BCUT2D eigenvalue weighted by Gasteiger charge is -2.19. The van der Waals surface area contributed by atoms with Crippen LogP contribution < -0.4 is 10.1 Å². The molecule has 1 N–H and O–H groups in total. The Kier molecular flexibility index (Phi) is 5.64. The average molecular weight is 357 g/mol. The van der Waals surface area contributed by atoms with E-state index in [0.29, 0.717) is 17.3 Å². The van der Waals surface area contributed by atoms with E-state index in [-0.39, 0.29) is 18.6 Å². The number of ether oxygens (including phenoxy) is 1. The summed E-state index contributed by atoms with van der Waals surface area (Å²) in [4.78, 5) is 16.2. The van der Waals surface area contributed by atoms with Gasteiger partial charge in [0.25, 0.3) is 5.91 Å². The summed E-state index contributed by atoms with van der Waals surface area (Å²) in [6.07, 6.45) is 3.08. The van der Waals surface area contributed by atoms with Gasteiger partial charge in [-0.25, -0.2) is 4.98 Å². The third kappa shape index (κ3) is 5.06. The molecule has 1 unspecified atom stereocenters. The maximum atomic E-state index is 12.3. The van der Waals surface area contributed by atoms with Gasteiger partial charge in [-0.2, -0.15) is 5.10 Å². The predicted octanol–water partition coefficient (Wildman–Crippen LogP) is 2.87. The summed E-state index contributed by atoms with van der Waals surface area (Å²) in [5.41, 5.74) is 0.984. The van der Waals surface area contributed by atoms with E-state index in [4.69, 9.17) is 16.3 Å². The van der Waals surface area contributed by atoms with E-state index in [1.165, 1.54) is 6.33 Å². The topological polar surface area (TPSA) is 69.0 Å². The van der Waals surface area contributed by atoms with Gasteiger partial charge < -0.3 is 10.1 Å². The van der Waals surface area contributed by atoms with Crippen molar-refractivity contribution < 1.29 is 9.53 Å². The minimum absolute atomic E-state index is 0.0810. The Labute approximate surface area is 150 Å². The van der Waals surface area contributed by atoms with Crippen LogP contribution in [0.25, 0.3) is 0 Å². The van der Waals surface area contributed by atoms with Crippen LogP contribution in [-0.4, -0.2) is 27.3 Å². The van der Waals surface area contributed by atoms with Crippen molar-refractivity contribution in [2.24, 2.45) is 0 Å². The zero-order valence-corrected chi connectivity index (χ0v) is 14.1. The van der Waals surface area contributed by atoms with Gasteiger partial charge in [-0.15, -0.1) is 0 Å². The maximum Gasteiger partial charge on any atom is 0.258 e. The maximum absolute atomic E-state index is 12.3. The number of aromatic nitrogens is 3. The Hall–Kier alpha value is -2.86. The van der Waals surface area contributed by atoms with Crippen LogP contribution in [0.4, 0.5) is 0 Å². The summed E-state index contributed by atoms with van der Waals surface area (Å²) in [5, 5.41) is 7.69. The van der Waals surface area contributed by atoms with Crippen molar-refractivity contribution in [1.82, 2.24) is 20.1 Å². The van der Waals surface area contributed by atoms with Crippen LogP contribution in [0, 0.1) is 0 Å². The number of nitrogens with zero attached hydrogens (tertiary/aromatic N) is 3. The molecule has 0 aliphatic rings. The van der Waals surface area contributed by atoms with Gasteiger partial charge in [0.1, 0.15) is 18.4 Å². The summed E-state index contributed by atoms with van der Waals surface area (Å²) in [6.45, 7) is 0.402. The molecular formula is C18H17ClN4O2. The molecule has 2 aromatic carbocycles. The fourth-order valence-electron chi connectivity index (χ4n) is 2.35. The smallest absolute Gasteiger partial charge is 0.258 e. The molecule has 0 radical (unpaired) electrons. The van der Waals surface area contributed by atoms with E-state index in [0.717, 1.165) is 5.56 Å². The highest BCUT2D eigenvalue weighted by molar-refractivity contribution is 6.30. The molecular weight excluding hydrogens is 340 g/mol. The number of nitrogens with one attached hydrogen (secondary N) is 1. The van der Waals surface area contributed by atoms with Gasteiger partial charge in [-0.05, 0) is 29.8 Å². The summed E-state index contributed by atoms with van der Waals surface area (Å²) in [5.74, 6) is 0.371. The van der Waals surface area contributed by atoms with Crippen LogP contribution in [0.5, 0.6) is 5.75 Å². The third-order valence-corrected chi connectivity index (χ3v) is 3.81. The van der Waals surface area contributed by atoms with Crippen molar-refractivity contribution in [3.63, 3.8) is 0 Å². The van der Waals surface area contributed by atoms with Crippen molar-refractivity contribution in [2.45, 2.75) is 12.6 Å². The summed E-state index contributed by atoms with van der Waals surface area (Å²) in [6, 6.07) is 16.4. The van der Waals surface area contributed by atoms with Gasteiger partial charge in [-0.1, -0.05) is 41.9 Å². The van der Waals surface area contributed by atoms with E-state index >= 15 is 0 Å². The Morgan fingerprint density at radius 1 is 1.16 bits per heavy atom. The number of hydrogen-bond acceptors (Lipinski definition) is 4. The SMILES string of the molecule is O=C(COc1ccc(Cl)cc1)NC(Cn1cncn1)c1ccccc1. The molecule has 0 bridgehead atoms. The van der Waals surface area contributed by atoms with E-state index in [2.05, 4.69) is 15.4 Å². The molecule has 0 saturated carbocycles. The summed E-state index contributed by atoms with van der Waals surface area (Å²) < 4.78 is 7.17. The molecule has 1 heterocycles. The van der Waals surface area contributed by atoms with Crippen LogP contribution in [0.3, 0.4) is 0 Å². The molecule has 1 aromatic heterocycles. The molecule has 128 valence electrons. The Balaban J connectivity index is 1.62. The quantitative estimate of drug-likeness (QED) is 0.706. The third-order valence-electron chi connectivity index (χ3n) is 3.56. The number of carbonyl (C=O) groups is 1. The average Bonchev–Trinajstić information content (AvgIpc) is 3.15. The largest absolute Gasteiger partial charge is 0.484 e. The molecule has 3 rings (SSSR count). The van der Waals surface area contributed by atoms with Crippen molar-refractivity contribution in [2.75, 3.05) is 6.61 Å². The van der Waals surface area contributed by atoms with E-state index in [9.17, 15) is 4.79 Å². The fourth-order valence-corrected chi connectivity index (χ4v) is 2.48. The Morgan fingerprint density at radius 3 is 2.60 bits per heavy atom. The molecule has 1 amide bonds. The molecule has 0 fully saturated rings. The lowest BCUT2D eigenvalue weighted by Crippen LogP contribution is -2.35. The number of halogens is 1. The minimum Gasteiger partial charge on any atom is -0.484 e. The van der Waals surface area contributed by atoms with Crippen LogP contribution in [0.1, 0.15) is 11.6 Å². The van der Waals surface area contributed by atoms with E-state index < -0.39 is 0 Å². The zero-order valence-electron chi connectivity index (χ0n) is 13.4. The minimum atomic E-state index is -0.232. The zero-order chi connectivity index (χ0) is 17.5. The highest BCUT2D eigenvalue weighted by Gasteiger charge is 2.16. The molecule has 6 nitrogen and oxygen atoms in total. The van der Waals surface area contributed by atoms with E-state index in [1.807, 2.05) is 30.3 Å². The molecule has 0 saturated heterocycles. The molecule has 0 aliphatic heterocycles. The fraction of sp³-hybridized carbons (Fsp3) is 0.167. The lowest BCUT2D eigenvalue weighted by molar-refractivity contribution is -0.124. The van der Waals surface area contributed by atoms with Crippen molar-refractivity contribution in [3.05, 3.63) is 77.8 Å². The van der Waals surface area contributed by atoms with Gasteiger partial charge in [0.05, 0.1) is 12.6 Å². The van der Waals surface area contributed by atoms with Gasteiger partial charge >= 0.3 is 0 Å². The first-order chi connectivity index (χ1) is 12.2. The highest BCUT2D eigenvalue weighted by atomic mass is 35.5. The number of rotatable bonds is 7. The monoisotopic (exact) mass is 356 g/mol. The second-order valence-electron chi connectivity index (χ2n) is 5.39. The normalized spacial score (nSPS) is 11.7. The molecule has 7 heteroatoms. The summed E-state index contributed by atoms with van der Waals surface area (Å²) >= 11 is 5.83. The van der Waals surface area contributed by atoms with Crippen LogP contribution >= 0.6 is 11.6 Å². The first-order valence-electron chi connectivity index (χ1n) is 7.76. The molecule has 25 heavy (non-hydrogen) atoms. The summed E-state index contributed by atoms with van der Waals surface area (Å²) in [7, 11) is 0. The standard InChI is InChI=1S/C18H17ClN4O2/c19-15-6-8-16(9-7-15)25-11-18(24)22-17(10-23-13-20-12-21-23)14-4-2-1-3-5-14/h1-9,12-13,17H,10-11H2,(H,22,24). The number of amides is 1. The van der Waals surface area contributed by atoms with Crippen LogP contribution in [0.2, 0.25) is 5.02 Å². The van der Waals surface area contributed by atoms with Crippen LogP contribution in [0.15, 0.2) is 67.3 Å². The molecule has 0 spiro atoms. The Morgan fingerprint density at radius 2 is 1.92 bits per heavy atom. The highest BCUT2D eigenvalue weighted by Crippen LogP contribution is 2.16. The van der Waals surface area contributed by atoms with Crippen molar-refractivity contribution in [3.8, 4) is 5.75 Å². The van der Waals surface area contributed by atoms with Crippen LogP contribution in [-0.2, 0) is 11.3 Å². The Bertz CT molecular complexity index is 792. The van der Waals surface area contributed by atoms with Crippen molar-refractivity contribution in [1.29, 1.82) is 0 Å². The molecule has 3 aromatic rings. The number of benzene rings is 2. The second-order valence-corrected chi connectivity index (χ2v) is 5.83. The van der Waals surface area contributed by atoms with Crippen molar-refractivity contribution >= 4 is 17.5 Å². The van der Waals surface area contributed by atoms with Gasteiger partial charge in [0, 0.05) is 5.02 Å². The first kappa shape index (κ1) is 17.0.